The van der Waals surface area contributed by atoms with Gasteiger partial charge >= 0.3 is 0 Å². The van der Waals surface area contributed by atoms with Gasteiger partial charge in [-0.1, -0.05) is 6.92 Å². The van der Waals surface area contributed by atoms with Gasteiger partial charge in [0, 0.05) is 12.1 Å². The molecule has 13 heavy (non-hydrogen) atoms. The number of carbonyl (C=O) groups is 1. The predicted molar refractivity (Wildman–Crippen MR) is 51.2 cm³/mol. The van der Waals surface area contributed by atoms with E-state index in [-0.39, 0.29) is 17.5 Å². The maximum absolute atomic E-state index is 11.8. The van der Waals surface area contributed by atoms with E-state index in [4.69, 9.17) is 5.73 Å². The summed E-state index contributed by atoms with van der Waals surface area (Å²) in [6, 6.07) is -0.266. The van der Waals surface area contributed by atoms with Crippen molar-refractivity contribution in [3.8, 4) is 0 Å². The molecule has 1 atom stereocenters. The van der Waals surface area contributed by atoms with Crippen molar-refractivity contribution in [1.29, 1.82) is 0 Å². The van der Waals surface area contributed by atoms with Crippen LogP contribution in [0.3, 0.4) is 0 Å². The minimum Gasteiger partial charge on any atom is -0.336 e. The molecule has 1 saturated carbocycles. The molecule has 0 aromatic carbocycles. The van der Waals surface area contributed by atoms with Crippen molar-refractivity contribution < 1.29 is 4.79 Å². The summed E-state index contributed by atoms with van der Waals surface area (Å²) in [6.07, 6.45) is 5.65. The molecule has 1 amide bonds. The largest absolute Gasteiger partial charge is 0.336 e. The highest BCUT2D eigenvalue weighted by Crippen LogP contribution is 2.47. The third-order valence-corrected chi connectivity index (χ3v) is 3.68. The first-order valence-electron chi connectivity index (χ1n) is 5.27. The van der Waals surface area contributed by atoms with Crippen molar-refractivity contribution in [3.63, 3.8) is 0 Å². The summed E-state index contributed by atoms with van der Waals surface area (Å²) in [6.45, 7) is 2.91. The molecule has 3 nitrogen and oxygen atoms in total. The SMILES string of the molecule is CC[C@H](N)C(=O)N1CCC12CCC2. The molecule has 2 fully saturated rings. The summed E-state index contributed by atoms with van der Waals surface area (Å²) in [5.41, 5.74) is 6.00. The van der Waals surface area contributed by atoms with Gasteiger partial charge in [0.25, 0.3) is 0 Å². The lowest BCUT2D eigenvalue weighted by atomic mass is 9.67. The molecular weight excluding hydrogens is 164 g/mol. The number of likely N-dealkylation sites (tertiary alicyclic amines) is 1. The van der Waals surface area contributed by atoms with Crippen molar-refractivity contribution >= 4 is 5.91 Å². The quantitative estimate of drug-likeness (QED) is 0.689. The summed E-state index contributed by atoms with van der Waals surface area (Å²) in [7, 11) is 0. The monoisotopic (exact) mass is 182 g/mol. The number of nitrogens with zero attached hydrogens (tertiary/aromatic N) is 1. The fourth-order valence-electron chi connectivity index (χ4n) is 2.36. The van der Waals surface area contributed by atoms with Gasteiger partial charge < -0.3 is 10.6 Å². The van der Waals surface area contributed by atoms with E-state index in [2.05, 4.69) is 0 Å². The molecule has 1 heterocycles. The maximum Gasteiger partial charge on any atom is 0.239 e. The van der Waals surface area contributed by atoms with Crippen molar-refractivity contribution in [2.75, 3.05) is 6.54 Å². The molecule has 0 aromatic rings. The summed E-state index contributed by atoms with van der Waals surface area (Å²) in [5, 5.41) is 0. The lowest BCUT2D eigenvalue weighted by Crippen LogP contribution is -2.68. The van der Waals surface area contributed by atoms with E-state index < -0.39 is 0 Å². The third-order valence-electron chi connectivity index (χ3n) is 3.68. The van der Waals surface area contributed by atoms with Gasteiger partial charge in [0.05, 0.1) is 6.04 Å². The average molecular weight is 182 g/mol. The molecule has 1 aliphatic heterocycles. The second kappa shape index (κ2) is 2.98. The zero-order chi connectivity index (χ0) is 9.47. The van der Waals surface area contributed by atoms with Crippen LogP contribution in [0, 0.1) is 0 Å². The number of rotatable bonds is 2. The van der Waals surface area contributed by atoms with E-state index in [1.165, 1.54) is 25.7 Å². The summed E-state index contributed by atoms with van der Waals surface area (Å²) >= 11 is 0. The minimum atomic E-state index is -0.266. The number of nitrogens with two attached hydrogens (primary N) is 1. The lowest BCUT2D eigenvalue weighted by Gasteiger charge is -2.59. The molecule has 0 aromatic heterocycles. The van der Waals surface area contributed by atoms with E-state index >= 15 is 0 Å². The van der Waals surface area contributed by atoms with E-state index in [0.29, 0.717) is 0 Å². The molecule has 0 bridgehead atoms. The number of hydrogen-bond acceptors (Lipinski definition) is 2. The molecule has 1 spiro atoms. The molecule has 0 unspecified atom stereocenters. The molecule has 1 saturated heterocycles. The molecule has 2 N–H and O–H groups in total. The molecule has 2 aliphatic rings. The van der Waals surface area contributed by atoms with E-state index in [1.54, 1.807) is 0 Å². The first-order chi connectivity index (χ1) is 6.19. The van der Waals surface area contributed by atoms with Crippen LogP contribution in [-0.4, -0.2) is 28.9 Å². The van der Waals surface area contributed by atoms with Crippen LogP contribution < -0.4 is 5.73 Å². The second-order valence-corrected chi connectivity index (χ2v) is 4.33. The van der Waals surface area contributed by atoms with Crippen LogP contribution in [0.25, 0.3) is 0 Å². The van der Waals surface area contributed by atoms with Gasteiger partial charge in [0.15, 0.2) is 0 Å². The highest BCUT2D eigenvalue weighted by Gasteiger charge is 2.51. The molecule has 2 rings (SSSR count). The highest BCUT2D eigenvalue weighted by atomic mass is 16.2. The Kier molecular flexibility index (Phi) is 2.06. The van der Waals surface area contributed by atoms with Crippen molar-refractivity contribution in [1.82, 2.24) is 4.90 Å². The van der Waals surface area contributed by atoms with Crippen LogP contribution in [0.4, 0.5) is 0 Å². The summed E-state index contributed by atoms with van der Waals surface area (Å²) in [4.78, 5) is 13.8. The van der Waals surface area contributed by atoms with E-state index in [0.717, 1.165) is 13.0 Å². The Balaban J connectivity index is 1.97. The Labute approximate surface area is 79.3 Å². The molecule has 3 heteroatoms. The smallest absolute Gasteiger partial charge is 0.239 e. The number of hydrogen-bond donors (Lipinski definition) is 1. The Morgan fingerprint density at radius 3 is 2.54 bits per heavy atom. The molecular formula is C10H18N2O. The van der Waals surface area contributed by atoms with Crippen LogP contribution in [0.1, 0.15) is 39.0 Å². The van der Waals surface area contributed by atoms with Crippen LogP contribution in [0.2, 0.25) is 0 Å². The van der Waals surface area contributed by atoms with E-state index in [9.17, 15) is 4.79 Å². The Hall–Kier alpha value is -0.570. The zero-order valence-corrected chi connectivity index (χ0v) is 8.25. The van der Waals surface area contributed by atoms with E-state index in [1.807, 2.05) is 11.8 Å². The normalized spacial score (nSPS) is 26.5. The van der Waals surface area contributed by atoms with Crippen molar-refractivity contribution in [2.45, 2.75) is 50.6 Å². The molecule has 74 valence electrons. The standard InChI is InChI=1S/C10H18N2O/c1-2-8(11)9(13)12-7-6-10(12)4-3-5-10/h8H,2-7,11H2,1H3/t8-/m0/s1. The Bertz CT molecular complexity index is 217. The molecule has 0 radical (unpaired) electrons. The van der Waals surface area contributed by atoms with Crippen LogP contribution in [0.5, 0.6) is 0 Å². The van der Waals surface area contributed by atoms with Gasteiger partial charge in [-0.05, 0) is 32.1 Å². The maximum atomic E-state index is 11.8. The van der Waals surface area contributed by atoms with Gasteiger partial charge in [0.1, 0.15) is 0 Å². The van der Waals surface area contributed by atoms with Crippen LogP contribution >= 0.6 is 0 Å². The fourth-order valence-corrected chi connectivity index (χ4v) is 2.36. The zero-order valence-electron chi connectivity index (χ0n) is 8.25. The number of amides is 1. The predicted octanol–water partition coefficient (Wildman–Crippen LogP) is 0.879. The summed E-state index contributed by atoms with van der Waals surface area (Å²) in [5.74, 6) is 0.174. The number of carbonyl (C=O) groups excluding carboxylic acids is 1. The van der Waals surface area contributed by atoms with Crippen LogP contribution in [0.15, 0.2) is 0 Å². The van der Waals surface area contributed by atoms with Crippen LogP contribution in [-0.2, 0) is 4.79 Å². The topological polar surface area (TPSA) is 46.3 Å². The van der Waals surface area contributed by atoms with Crippen molar-refractivity contribution in [2.24, 2.45) is 5.73 Å². The minimum absolute atomic E-state index is 0.174. The lowest BCUT2D eigenvalue weighted by molar-refractivity contribution is -0.157. The van der Waals surface area contributed by atoms with Gasteiger partial charge in [-0.25, -0.2) is 0 Å². The van der Waals surface area contributed by atoms with Gasteiger partial charge in [-0.3, -0.25) is 4.79 Å². The first kappa shape index (κ1) is 9.00. The molecule has 1 aliphatic carbocycles. The average Bonchev–Trinajstić information content (AvgIpc) is 1.98. The second-order valence-electron chi connectivity index (χ2n) is 4.33. The van der Waals surface area contributed by atoms with Gasteiger partial charge in [-0.2, -0.15) is 0 Å². The first-order valence-corrected chi connectivity index (χ1v) is 5.27. The fraction of sp³-hybridized carbons (Fsp3) is 0.900. The highest BCUT2D eigenvalue weighted by molar-refractivity contribution is 5.83. The van der Waals surface area contributed by atoms with Gasteiger partial charge in [0.2, 0.25) is 5.91 Å². The van der Waals surface area contributed by atoms with Crippen molar-refractivity contribution in [3.05, 3.63) is 0 Å². The van der Waals surface area contributed by atoms with Gasteiger partial charge in [-0.15, -0.1) is 0 Å². The third kappa shape index (κ3) is 1.17. The summed E-state index contributed by atoms with van der Waals surface area (Å²) < 4.78 is 0. The Morgan fingerprint density at radius 2 is 2.23 bits per heavy atom. The Morgan fingerprint density at radius 1 is 1.54 bits per heavy atom.